The number of ether oxygens (including phenoxy) is 1. The quantitative estimate of drug-likeness (QED) is 0.328. The first-order valence-corrected chi connectivity index (χ1v) is 13.0. The molecule has 1 amide bonds. The minimum atomic E-state index is -4.77. The van der Waals surface area contributed by atoms with Crippen LogP contribution in [0.2, 0.25) is 0 Å². The van der Waals surface area contributed by atoms with Crippen LogP contribution in [0, 0.1) is 17.6 Å². The summed E-state index contributed by atoms with van der Waals surface area (Å²) in [6.07, 6.45) is 0.375. The van der Waals surface area contributed by atoms with Crippen molar-refractivity contribution in [2.45, 2.75) is 57.0 Å². The van der Waals surface area contributed by atoms with Gasteiger partial charge in [0.15, 0.2) is 0 Å². The molecule has 3 aromatic rings. The van der Waals surface area contributed by atoms with Gasteiger partial charge in [-0.2, -0.15) is 0 Å². The molecule has 1 fully saturated rings. The smallest absolute Gasteiger partial charge is 0.406 e. The Morgan fingerprint density at radius 2 is 1.44 bits per heavy atom. The van der Waals surface area contributed by atoms with Crippen LogP contribution in [-0.2, 0) is 4.79 Å². The average Bonchev–Trinajstić information content (AvgIpc) is 3.34. The van der Waals surface area contributed by atoms with Crippen molar-refractivity contribution in [3.63, 3.8) is 0 Å². The van der Waals surface area contributed by atoms with E-state index in [4.69, 9.17) is 0 Å². The molecule has 2 aliphatic rings. The SMILES string of the molecule is O=C(NC1CCCCC1)[C@H]1CC(c2c(F)cccc2F)=NC1c1ccc(-c2ccc(OC(F)(F)F)cc2)cc1. The number of hydrogen-bond donors (Lipinski definition) is 1. The second-order valence-corrected chi connectivity index (χ2v) is 9.97. The summed E-state index contributed by atoms with van der Waals surface area (Å²) in [5.41, 5.74) is 2.11. The summed E-state index contributed by atoms with van der Waals surface area (Å²) in [7, 11) is 0. The molecule has 39 heavy (non-hydrogen) atoms. The van der Waals surface area contributed by atoms with Crippen molar-refractivity contribution >= 4 is 11.6 Å². The Kier molecular flexibility index (Phi) is 7.68. The number of nitrogens with zero attached hydrogens (tertiary/aromatic N) is 1. The molecule has 0 saturated heterocycles. The molecule has 1 N–H and O–H groups in total. The summed E-state index contributed by atoms with van der Waals surface area (Å²) in [6.45, 7) is 0. The topological polar surface area (TPSA) is 50.7 Å². The van der Waals surface area contributed by atoms with Crippen molar-refractivity contribution < 1.29 is 31.5 Å². The molecule has 0 spiro atoms. The van der Waals surface area contributed by atoms with Gasteiger partial charge in [0.05, 0.1) is 17.5 Å². The molecular formula is C30H27F5N2O2. The Labute approximate surface area is 222 Å². The molecule has 0 radical (unpaired) electrons. The van der Waals surface area contributed by atoms with Gasteiger partial charge in [-0.3, -0.25) is 9.79 Å². The third-order valence-electron chi connectivity index (χ3n) is 7.30. The van der Waals surface area contributed by atoms with Gasteiger partial charge < -0.3 is 10.1 Å². The van der Waals surface area contributed by atoms with E-state index >= 15 is 0 Å². The van der Waals surface area contributed by atoms with E-state index in [0.29, 0.717) is 11.1 Å². The fourth-order valence-electron chi connectivity index (χ4n) is 5.39. The van der Waals surface area contributed by atoms with Crippen LogP contribution in [0.4, 0.5) is 22.0 Å². The summed E-state index contributed by atoms with van der Waals surface area (Å²) in [5.74, 6) is -2.59. The van der Waals surface area contributed by atoms with E-state index < -0.39 is 30.0 Å². The number of halogens is 5. The minimum Gasteiger partial charge on any atom is -0.406 e. The van der Waals surface area contributed by atoms with Crippen LogP contribution in [0.25, 0.3) is 11.1 Å². The van der Waals surface area contributed by atoms with Gasteiger partial charge in [-0.25, -0.2) is 8.78 Å². The molecule has 0 bridgehead atoms. The van der Waals surface area contributed by atoms with Crippen molar-refractivity contribution in [1.82, 2.24) is 5.32 Å². The lowest BCUT2D eigenvalue weighted by molar-refractivity contribution is -0.274. The molecule has 5 rings (SSSR count). The molecule has 2 atom stereocenters. The zero-order valence-electron chi connectivity index (χ0n) is 21.0. The van der Waals surface area contributed by atoms with Gasteiger partial charge in [0.2, 0.25) is 5.91 Å². The summed E-state index contributed by atoms with van der Waals surface area (Å²) >= 11 is 0. The average molecular weight is 543 g/mol. The lowest BCUT2D eigenvalue weighted by Gasteiger charge is -2.26. The fraction of sp³-hybridized carbons (Fsp3) is 0.333. The van der Waals surface area contributed by atoms with Crippen LogP contribution in [0.15, 0.2) is 71.7 Å². The highest BCUT2D eigenvalue weighted by Gasteiger charge is 2.38. The highest BCUT2D eigenvalue weighted by Crippen LogP contribution is 2.39. The molecule has 9 heteroatoms. The van der Waals surface area contributed by atoms with Crippen LogP contribution in [0.3, 0.4) is 0 Å². The van der Waals surface area contributed by atoms with E-state index in [2.05, 4.69) is 15.0 Å². The van der Waals surface area contributed by atoms with Gasteiger partial charge in [-0.1, -0.05) is 61.7 Å². The number of nitrogens with one attached hydrogen (secondary N) is 1. The van der Waals surface area contributed by atoms with E-state index in [-0.39, 0.29) is 35.4 Å². The van der Waals surface area contributed by atoms with Crippen LogP contribution in [0.1, 0.15) is 55.7 Å². The monoisotopic (exact) mass is 542 g/mol. The molecule has 4 nitrogen and oxygen atoms in total. The third-order valence-corrected chi connectivity index (χ3v) is 7.30. The third kappa shape index (κ3) is 6.29. The number of amides is 1. The fourth-order valence-corrected chi connectivity index (χ4v) is 5.39. The van der Waals surface area contributed by atoms with E-state index in [0.717, 1.165) is 37.7 Å². The molecule has 1 saturated carbocycles. The first-order valence-electron chi connectivity index (χ1n) is 13.0. The van der Waals surface area contributed by atoms with Gasteiger partial charge in [-0.05, 0) is 53.8 Å². The summed E-state index contributed by atoms with van der Waals surface area (Å²) < 4.78 is 70.5. The van der Waals surface area contributed by atoms with Gasteiger partial charge in [-0.15, -0.1) is 13.2 Å². The molecular weight excluding hydrogens is 515 g/mol. The van der Waals surface area contributed by atoms with E-state index in [1.165, 1.54) is 42.5 Å². The molecule has 1 heterocycles. The lowest BCUT2D eigenvalue weighted by Crippen LogP contribution is -2.41. The van der Waals surface area contributed by atoms with Gasteiger partial charge in [0.1, 0.15) is 17.4 Å². The maximum atomic E-state index is 14.6. The predicted molar refractivity (Wildman–Crippen MR) is 137 cm³/mol. The van der Waals surface area contributed by atoms with Crippen LogP contribution in [0.5, 0.6) is 5.75 Å². The number of benzene rings is 3. The standard InChI is InChI=1S/C30H27F5N2O2/c31-24-7-4-8-25(32)27(24)26-17-23(29(38)36-21-5-2-1-3-6-21)28(37-26)20-11-9-18(10-12-20)19-13-15-22(16-14-19)39-30(33,34)35/h4,7-16,21,23,28H,1-3,5-6,17H2,(H,36,38)/t23-,28?/m0/s1. The Morgan fingerprint density at radius 1 is 0.846 bits per heavy atom. The summed E-state index contributed by atoms with van der Waals surface area (Å²) in [4.78, 5) is 18.0. The Balaban J connectivity index is 1.41. The zero-order valence-corrected chi connectivity index (χ0v) is 21.0. The number of aliphatic imine (C=N–C) groups is 1. The maximum absolute atomic E-state index is 14.6. The molecule has 3 aromatic carbocycles. The van der Waals surface area contributed by atoms with Gasteiger partial charge in [0, 0.05) is 18.2 Å². The summed E-state index contributed by atoms with van der Waals surface area (Å²) in [6, 6.07) is 15.7. The molecule has 0 aromatic heterocycles. The predicted octanol–water partition coefficient (Wildman–Crippen LogP) is 7.53. The highest BCUT2D eigenvalue weighted by atomic mass is 19.4. The zero-order chi connectivity index (χ0) is 27.6. The number of carbonyl (C=O) groups excluding carboxylic acids is 1. The summed E-state index contributed by atoms with van der Waals surface area (Å²) in [5, 5.41) is 3.13. The van der Waals surface area contributed by atoms with Crippen LogP contribution >= 0.6 is 0 Å². The van der Waals surface area contributed by atoms with E-state index in [1.54, 1.807) is 24.3 Å². The molecule has 1 aliphatic heterocycles. The second-order valence-electron chi connectivity index (χ2n) is 9.97. The van der Waals surface area contributed by atoms with Crippen molar-refractivity contribution in [2.75, 3.05) is 0 Å². The normalized spacial score (nSPS) is 20.0. The first kappa shape index (κ1) is 26.8. The largest absolute Gasteiger partial charge is 0.573 e. The minimum absolute atomic E-state index is 0.0767. The lowest BCUT2D eigenvalue weighted by atomic mass is 9.88. The Bertz CT molecular complexity index is 1330. The first-order chi connectivity index (χ1) is 18.7. The maximum Gasteiger partial charge on any atom is 0.573 e. The van der Waals surface area contributed by atoms with E-state index in [1.807, 2.05) is 0 Å². The van der Waals surface area contributed by atoms with Gasteiger partial charge in [0.25, 0.3) is 0 Å². The van der Waals surface area contributed by atoms with E-state index in [9.17, 15) is 26.7 Å². The highest BCUT2D eigenvalue weighted by molar-refractivity contribution is 6.05. The number of rotatable bonds is 6. The van der Waals surface area contributed by atoms with Gasteiger partial charge >= 0.3 is 6.36 Å². The van der Waals surface area contributed by atoms with Crippen LogP contribution < -0.4 is 10.1 Å². The molecule has 1 aliphatic carbocycles. The van der Waals surface area contributed by atoms with Crippen molar-refractivity contribution in [1.29, 1.82) is 0 Å². The number of carbonyl (C=O) groups is 1. The molecule has 1 unspecified atom stereocenters. The Morgan fingerprint density at radius 3 is 2.03 bits per heavy atom. The number of hydrogen-bond acceptors (Lipinski definition) is 3. The Hall–Kier alpha value is -3.75. The van der Waals surface area contributed by atoms with Crippen molar-refractivity contribution in [3.8, 4) is 16.9 Å². The van der Waals surface area contributed by atoms with Crippen LogP contribution in [-0.4, -0.2) is 24.0 Å². The molecule has 204 valence electrons. The van der Waals surface area contributed by atoms with Crippen molar-refractivity contribution in [3.05, 3.63) is 89.5 Å². The number of alkyl halides is 3. The van der Waals surface area contributed by atoms with Crippen molar-refractivity contribution in [2.24, 2.45) is 10.9 Å². The second kappa shape index (κ2) is 11.2.